The number of nitrogens with two attached hydrogens (primary N) is 1. The van der Waals surface area contributed by atoms with E-state index in [0.29, 0.717) is 18.8 Å². The Kier molecular flexibility index (Phi) is 3.85. The van der Waals surface area contributed by atoms with E-state index < -0.39 is 0 Å². The fourth-order valence-electron chi connectivity index (χ4n) is 1.40. The highest BCUT2D eigenvalue weighted by Crippen LogP contribution is 2.05. The molecule has 5 nitrogen and oxygen atoms in total. The molecule has 5 heteroatoms. The summed E-state index contributed by atoms with van der Waals surface area (Å²) in [6.45, 7) is 4.97. The van der Waals surface area contributed by atoms with Crippen LogP contribution < -0.4 is 5.73 Å². The third-order valence-electron chi connectivity index (χ3n) is 2.18. The Balaban J connectivity index is 2.80. The minimum atomic E-state index is -0.0592. The van der Waals surface area contributed by atoms with E-state index in [1.165, 1.54) is 0 Å². The number of amides is 1. The van der Waals surface area contributed by atoms with Crippen LogP contribution in [-0.4, -0.2) is 39.5 Å². The van der Waals surface area contributed by atoms with Crippen molar-refractivity contribution in [3.8, 4) is 0 Å². The number of nitrogens with zero attached hydrogens (tertiary/aromatic N) is 3. The summed E-state index contributed by atoms with van der Waals surface area (Å²) in [5, 5.41) is 0. The minimum Gasteiger partial charge on any atom is -0.340 e. The van der Waals surface area contributed by atoms with Gasteiger partial charge in [-0.05, 0) is 13.8 Å². The average Bonchev–Trinajstić information content (AvgIpc) is 2.59. The van der Waals surface area contributed by atoms with Gasteiger partial charge in [0, 0.05) is 32.4 Å². The lowest BCUT2D eigenvalue weighted by Gasteiger charge is -2.25. The Labute approximate surface area is 89.9 Å². The van der Waals surface area contributed by atoms with E-state index in [-0.39, 0.29) is 11.9 Å². The average molecular weight is 210 g/mol. The van der Waals surface area contributed by atoms with Gasteiger partial charge in [-0.3, -0.25) is 4.79 Å². The van der Waals surface area contributed by atoms with Gasteiger partial charge in [0.25, 0.3) is 5.91 Å². The Bertz CT molecular complexity index is 332. The minimum absolute atomic E-state index is 0.0592. The molecular weight excluding hydrogens is 192 g/mol. The van der Waals surface area contributed by atoms with Gasteiger partial charge in [0.15, 0.2) is 0 Å². The number of imidazole rings is 1. The van der Waals surface area contributed by atoms with Gasteiger partial charge in [0.1, 0.15) is 5.69 Å². The van der Waals surface area contributed by atoms with Gasteiger partial charge < -0.3 is 15.2 Å². The zero-order valence-corrected chi connectivity index (χ0v) is 9.47. The first-order valence-electron chi connectivity index (χ1n) is 5.05. The molecule has 0 bridgehead atoms. The second-order valence-electron chi connectivity index (χ2n) is 3.81. The van der Waals surface area contributed by atoms with Crippen molar-refractivity contribution in [1.82, 2.24) is 14.5 Å². The summed E-state index contributed by atoms with van der Waals surface area (Å²) in [5.41, 5.74) is 5.94. The van der Waals surface area contributed by atoms with E-state index in [0.717, 1.165) is 0 Å². The molecule has 0 fully saturated rings. The third-order valence-corrected chi connectivity index (χ3v) is 2.18. The molecule has 15 heavy (non-hydrogen) atoms. The molecule has 0 radical (unpaired) electrons. The molecule has 0 aliphatic heterocycles. The molecule has 0 aromatic carbocycles. The molecule has 2 N–H and O–H groups in total. The second kappa shape index (κ2) is 4.93. The Morgan fingerprint density at radius 3 is 2.73 bits per heavy atom. The number of hydrogen-bond donors (Lipinski definition) is 1. The lowest BCUT2D eigenvalue weighted by Crippen LogP contribution is -2.40. The fraction of sp³-hybridized carbons (Fsp3) is 0.600. The fourth-order valence-corrected chi connectivity index (χ4v) is 1.40. The molecule has 1 rings (SSSR count). The summed E-state index contributed by atoms with van der Waals surface area (Å²) in [5.74, 6) is -0.0592. The molecule has 1 heterocycles. The predicted octanol–water partition coefficient (Wildman–Crippen LogP) is 0.229. The van der Waals surface area contributed by atoms with Crippen LogP contribution in [0.2, 0.25) is 0 Å². The predicted molar refractivity (Wildman–Crippen MR) is 58.4 cm³/mol. The number of hydrogen-bond acceptors (Lipinski definition) is 3. The maximum absolute atomic E-state index is 12.0. The van der Waals surface area contributed by atoms with Gasteiger partial charge in [-0.2, -0.15) is 0 Å². The Morgan fingerprint density at radius 1 is 1.67 bits per heavy atom. The molecule has 1 aromatic rings. The van der Waals surface area contributed by atoms with Crippen molar-refractivity contribution < 1.29 is 4.79 Å². The summed E-state index contributed by atoms with van der Waals surface area (Å²) in [4.78, 5) is 17.7. The van der Waals surface area contributed by atoms with Crippen LogP contribution in [0.3, 0.4) is 0 Å². The van der Waals surface area contributed by atoms with Crippen molar-refractivity contribution in [3.63, 3.8) is 0 Å². The van der Waals surface area contributed by atoms with E-state index in [2.05, 4.69) is 4.98 Å². The lowest BCUT2D eigenvalue weighted by molar-refractivity contribution is 0.0706. The normalized spacial score (nSPS) is 10.7. The summed E-state index contributed by atoms with van der Waals surface area (Å²) in [7, 11) is 1.84. The number of aryl methyl sites for hydroxylation is 1. The largest absolute Gasteiger partial charge is 0.340 e. The molecule has 0 spiro atoms. The standard InChI is InChI=1S/C10H18N4O/c1-8(2)14(5-4-11)10(15)9-6-13(3)7-12-9/h6-8H,4-5,11H2,1-3H3. The van der Waals surface area contributed by atoms with Gasteiger partial charge >= 0.3 is 0 Å². The van der Waals surface area contributed by atoms with Crippen molar-refractivity contribution in [1.29, 1.82) is 0 Å². The molecule has 0 aliphatic rings. The summed E-state index contributed by atoms with van der Waals surface area (Å²) >= 11 is 0. The van der Waals surface area contributed by atoms with Gasteiger partial charge in [-0.1, -0.05) is 0 Å². The van der Waals surface area contributed by atoms with E-state index >= 15 is 0 Å². The lowest BCUT2D eigenvalue weighted by atomic mass is 10.3. The smallest absolute Gasteiger partial charge is 0.274 e. The Morgan fingerprint density at radius 2 is 2.33 bits per heavy atom. The van der Waals surface area contributed by atoms with Gasteiger partial charge in [-0.25, -0.2) is 4.98 Å². The van der Waals surface area contributed by atoms with E-state index in [1.807, 2.05) is 20.9 Å². The van der Waals surface area contributed by atoms with E-state index in [9.17, 15) is 4.79 Å². The van der Waals surface area contributed by atoms with Crippen molar-refractivity contribution in [2.45, 2.75) is 19.9 Å². The summed E-state index contributed by atoms with van der Waals surface area (Å²) < 4.78 is 1.76. The molecule has 0 saturated carbocycles. The Hall–Kier alpha value is -1.36. The van der Waals surface area contributed by atoms with Gasteiger partial charge in [0.05, 0.1) is 6.33 Å². The highest BCUT2D eigenvalue weighted by molar-refractivity contribution is 5.92. The van der Waals surface area contributed by atoms with Crippen LogP contribution in [0.25, 0.3) is 0 Å². The van der Waals surface area contributed by atoms with E-state index in [4.69, 9.17) is 5.73 Å². The summed E-state index contributed by atoms with van der Waals surface area (Å²) in [6.07, 6.45) is 3.34. The molecule has 0 atom stereocenters. The maximum atomic E-state index is 12.0. The highest BCUT2D eigenvalue weighted by Gasteiger charge is 2.19. The second-order valence-corrected chi connectivity index (χ2v) is 3.81. The molecule has 0 aliphatic carbocycles. The quantitative estimate of drug-likeness (QED) is 0.773. The monoisotopic (exact) mass is 210 g/mol. The van der Waals surface area contributed by atoms with Gasteiger partial charge in [0.2, 0.25) is 0 Å². The molecule has 1 aromatic heterocycles. The number of carbonyl (C=O) groups excluding carboxylic acids is 1. The van der Waals surface area contributed by atoms with Crippen molar-refractivity contribution in [2.75, 3.05) is 13.1 Å². The first-order valence-corrected chi connectivity index (χ1v) is 5.05. The first kappa shape index (κ1) is 11.7. The SMILES string of the molecule is CC(C)N(CCN)C(=O)c1cn(C)cn1. The topological polar surface area (TPSA) is 64.2 Å². The van der Waals surface area contributed by atoms with Crippen molar-refractivity contribution in [3.05, 3.63) is 18.2 Å². The van der Waals surface area contributed by atoms with Crippen LogP contribution in [0.4, 0.5) is 0 Å². The number of rotatable bonds is 4. The van der Waals surface area contributed by atoms with Crippen molar-refractivity contribution in [2.24, 2.45) is 12.8 Å². The first-order chi connectivity index (χ1) is 7.06. The summed E-state index contributed by atoms with van der Waals surface area (Å²) in [6, 6.07) is 0.142. The third kappa shape index (κ3) is 2.79. The van der Waals surface area contributed by atoms with Crippen molar-refractivity contribution >= 4 is 5.91 Å². The van der Waals surface area contributed by atoms with Crippen LogP contribution in [0.15, 0.2) is 12.5 Å². The zero-order chi connectivity index (χ0) is 11.4. The number of carbonyl (C=O) groups is 1. The molecular formula is C10H18N4O. The highest BCUT2D eigenvalue weighted by atomic mass is 16.2. The zero-order valence-electron chi connectivity index (χ0n) is 9.47. The molecule has 1 amide bonds. The van der Waals surface area contributed by atoms with Crippen LogP contribution in [0.5, 0.6) is 0 Å². The van der Waals surface area contributed by atoms with Crippen LogP contribution in [0.1, 0.15) is 24.3 Å². The van der Waals surface area contributed by atoms with Gasteiger partial charge in [-0.15, -0.1) is 0 Å². The van der Waals surface area contributed by atoms with Crippen LogP contribution in [0, 0.1) is 0 Å². The maximum Gasteiger partial charge on any atom is 0.274 e. The van der Waals surface area contributed by atoms with Crippen LogP contribution in [-0.2, 0) is 7.05 Å². The van der Waals surface area contributed by atoms with E-state index in [1.54, 1.807) is 22.0 Å². The van der Waals surface area contributed by atoms with Crippen LogP contribution >= 0.6 is 0 Å². The molecule has 0 unspecified atom stereocenters. The molecule has 0 saturated heterocycles. The number of aromatic nitrogens is 2. The molecule has 84 valence electrons.